The summed E-state index contributed by atoms with van der Waals surface area (Å²) in [7, 11) is 0. The first-order chi connectivity index (χ1) is 14.4. The number of esters is 1. The minimum absolute atomic E-state index is 0.0457. The van der Waals surface area contributed by atoms with Crippen molar-refractivity contribution in [3.05, 3.63) is 33.9 Å². The molecule has 1 aliphatic carbocycles. The smallest absolute Gasteiger partial charge is 0.339 e. The molecule has 1 aliphatic heterocycles. The lowest BCUT2D eigenvalue weighted by molar-refractivity contribution is -0.384. The normalized spacial score (nSPS) is 22.8. The summed E-state index contributed by atoms with van der Waals surface area (Å²) in [6.45, 7) is 5.69. The van der Waals surface area contributed by atoms with Crippen LogP contribution in [0.3, 0.4) is 0 Å². The van der Waals surface area contributed by atoms with Gasteiger partial charge in [-0.2, -0.15) is 0 Å². The maximum absolute atomic E-state index is 12.5. The number of nitro benzene ring substituents is 1. The van der Waals surface area contributed by atoms with E-state index in [1.807, 2.05) is 4.90 Å². The molecule has 0 unspecified atom stereocenters. The van der Waals surface area contributed by atoms with Crippen LogP contribution in [0.4, 0.5) is 11.4 Å². The van der Waals surface area contributed by atoms with E-state index >= 15 is 0 Å². The van der Waals surface area contributed by atoms with Crippen molar-refractivity contribution in [1.82, 2.24) is 5.32 Å². The molecule has 3 atom stereocenters. The Morgan fingerprint density at radius 1 is 1.27 bits per heavy atom. The number of hydrogen-bond acceptors (Lipinski definition) is 7. The van der Waals surface area contributed by atoms with Crippen LogP contribution in [0.25, 0.3) is 0 Å². The first kappa shape index (κ1) is 22.0. The van der Waals surface area contributed by atoms with E-state index < -0.39 is 17.0 Å². The number of amides is 1. The van der Waals surface area contributed by atoms with E-state index in [2.05, 4.69) is 12.2 Å². The average Bonchev–Trinajstić information content (AvgIpc) is 2.75. The Labute approximate surface area is 175 Å². The Morgan fingerprint density at radius 2 is 1.97 bits per heavy atom. The second-order valence-corrected chi connectivity index (χ2v) is 7.98. The number of carbonyl (C=O) groups is 2. The van der Waals surface area contributed by atoms with Crippen molar-refractivity contribution in [3.8, 4) is 0 Å². The van der Waals surface area contributed by atoms with Gasteiger partial charge in [-0.15, -0.1) is 0 Å². The predicted octanol–water partition coefficient (Wildman–Crippen LogP) is 2.67. The molecule has 0 radical (unpaired) electrons. The predicted molar refractivity (Wildman–Crippen MR) is 111 cm³/mol. The van der Waals surface area contributed by atoms with Crippen molar-refractivity contribution in [2.45, 2.75) is 51.7 Å². The third-order valence-corrected chi connectivity index (χ3v) is 5.85. The highest BCUT2D eigenvalue weighted by molar-refractivity contribution is 5.93. The highest BCUT2D eigenvalue weighted by Gasteiger charge is 2.28. The van der Waals surface area contributed by atoms with Gasteiger partial charge in [-0.1, -0.05) is 19.8 Å². The summed E-state index contributed by atoms with van der Waals surface area (Å²) >= 11 is 0. The summed E-state index contributed by atoms with van der Waals surface area (Å²) in [4.78, 5) is 37.9. The molecule has 1 aromatic rings. The third kappa shape index (κ3) is 5.27. The van der Waals surface area contributed by atoms with Crippen molar-refractivity contribution >= 4 is 23.3 Å². The van der Waals surface area contributed by atoms with Crippen LogP contribution in [-0.4, -0.2) is 55.2 Å². The van der Waals surface area contributed by atoms with Crippen LogP contribution in [0, 0.1) is 16.0 Å². The van der Waals surface area contributed by atoms with Crippen molar-refractivity contribution in [2.75, 3.05) is 31.2 Å². The minimum Gasteiger partial charge on any atom is -0.449 e. The lowest BCUT2D eigenvalue weighted by Gasteiger charge is -2.30. The summed E-state index contributed by atoms with van der Waals surface area (Å²) in [6.07, 6.45) is 3.24. The van der Waals surface area contributed by atoms with Gasteiger partial charge in [0.05, 0.1) is 23.7 Å². The van der Waals surface area contributed by atoms with E-state index in [0.717, 1.165) is 25.7 Å². The van der Waals surface area contributed by atoms with Gasteiger partial charge in [0.15, 0.2) is 6.10 Å². The van der Waals surface area contributed by atoms with Crippen LogP contribution in [-0.2, 0) is 14.3 Å². The quantitative estimate of drug-likeness (QED) is 0.429. The van der Waals surface area contributed by atoms with Gasteiger partial charge in [0.2, 0.25) is 0 Å². The number of carbonyl (C=O) groups excluding carboxylic acids is 2. The zero-order chi connectivity index (χ0) is 21.7. The summed E-state index contributed by atoms with van der Waals surface area (Å²) in [5.41, 5.74) is 0.320. The maximum atomic E-state index is 12.5. The van der Waals surface area contributed by atoms with Gasteiger partial charge in [-0.25, -0.2) is 4.79 Å². The Balaban J connectivity index is 1.66. The van der Waals surface area contributed by atoms with E-state index in [9.17, 15) is 19.7 Å². The first-order valence-electron chi connectivity index (χ1n) is 10.5. The van der Waals surface area contributed by atoms with Crippen LogP contribution >= 0.6 is 0 Å². The lowest BCUT2D eigenvalue weighted by atomic mass is 9.86. The van der Waals surface area contributed by atoms with Crippen molar-refractivity contribution in [2.24, 2.45) is 5.92 Å². The molecular weight excluding hydrogens is 390 g/mol. The molecule has 3 rings (SSSR count). The van der Waals surface area contributed by atoms with Crippen LogP contribution < -0.4 is 10.2 Å². The van der Waals surface area contributed by atoms with Gasteiger partial charge >= 0.3 is 5.97 Å². The molecule has 2 aliphatic rings. The zero-order valence-electron chi connectivity index (χ0n) is 17.5. The molecule has 0 aromatic heterocycles. The van der Waals surface area contributed by atoms with Gasteiger partial charge in [-0.3, -0.25) is 14.9 Å². The van der Waals surface area contributed by atoms with E-state index in [4.69, 9.17) is 9.47 Å². The van der Waals surface area contributed by atoms with Crippen LogP contribution in [0.1, 0.15) is 49.9 Å². The second-order valence-electron chi connectivity index (χ2n) is 7.98. The first-order valence-corrected chi connectivity index (χ1v) is 10.5. The van der Waals surface area contributed by atoms with Gasteiger partial charge in [-0.05, 0) is 37.8 Å². The van der Waals surface area contributed by atoms with Gasteiger partial charge < -0.3 is 19.7 Å². The molecule has 0 bridgehead atoms. The maximum Gasteiger partial charge on any atom is 0.339 e. The third-order valence-electron chi connectivity index (χ3n) is 5.85. The zero-order valence-corrected chi connectivity index (χ0v) is 17.5. The lowest BCUT2D eigenvalue weighted by Crippen LogP contribution is -2.46. The van der Waals surface area contributed by atoms with Gasteiger partial charge in [0.25, 0.3) is 11.6 Å². The van der Waals surface area contributed by atoms with Crippen molar-refractivity contribution in [1.29, 1.82) is 0 Å². The number of nitrogens with zero attached hydrogens (tertiary/aromatic N) is 2. The fourth-order valence-electron chi connectivity index (χ4n) is 3.98. The average molecular weight is 419 g/mol. The Kier molecular flexibility index (Phi) is 7.25. The molecule has 1 aromatic carbocycles. The molecule has 1 saturated heterocycles. The molecule has 30 heavy (non-hydrogen) atoms. The fourth-order valence-corrected chi connectivity index (χ4v) is 3.98. The van der Waals surface area contributed by atoms with E-state index in [0.29, 0.717) is 37.9 Å². The van der Waals surface area contributed by atoms with Crippen molar-refractivity contribution in [3.63, 3.8) is 0 Å². The molecule has 2 fully saturated rings. The molecule has 164 valence electrons. The van der Waals surface area contributed by atoms with Crippen LogP contribution in [0.2, 0.25) is 0 Å². The number of hydrogen-bond donors (Lipinski definition) is 1. The Bertz CT molecular complexity index is 793. The number of nitrogens with one attached hydrogen (secondary N) is 1. The van der Waals surface area contributed by atoms with Crippen LogP contribution in [0.5, 0.6) is 0 Å². The minimum atomic E-state index is -0.982. The van der Waals surface area contributed by atoms with E-state index in [-0.39, 0.29) is 23.2 Å². The number of benzene rings is 1. The van der Waals surface area contributed by atoms with E-state index in [1.54, 1.807) is 6.07 Å². The summed E-state index contributed by atoms with van der Waals surface area (Å²) in [6, 6.07) is 4.34. The highest BCUT2D eigenvalue weighted by atomic mass is 16.6. The van der Waals surface area contributed by atoms with Crippen molar-refractivity contribution < 1.29 is 24.0 Å². The van der Waals surface area contributed by atoms with Gasteiger partial charge in [0, 0.05) is 25.2 Å². The van der Waals surface area contributed by atoms with Crippen LogP contribution in [0.15, 0.2) is 18.2 Å². The topological polar surface area (TPSA) is 111 Å². The molecule has 9 heteroatoms. The SMILES string of the molecule is C[C@@H]1CCCC[C@H]1NC(=O)[C@@H](C)OC(=O)c1ccc(N2CCOCC2)c([N+](=O)[O-])c1. The standard InChI is InChI=1S/C21H29N3O6/c1-14-5-3-4-6-17(14)22-20(25)15(2)30-21(26)16-7-8-18(19(13-16)24(27)28)23-9-11-29-12-10-23/h7-8,13-15,17H,3-6,9-12H2,1-2H3,(H,22,25)/t14-,15-,17-/m1/s1. The summed E-state index contributed by atoms with van der Waals surface area (Å²) < 4.78 is 10.6. The molecule has 1 saturated carbocycles. The molecule has 1 heterocycles. The number of morpholine rings is 1. The highest BCUT2D eigenvalue weighted by Crippen LogP contribution is 2.30. The summed E-state index contributed by atoms with van der Waals surface area (Å²) in [5.74, 6) is -0.714. The number of anilines is 1. The number of rotatable bonds is 6. The molecular formula is C21H29N3O6. The Morgan fingerprint density at radius 3 is 2.63 bits per heavy atom. The Hall–Kier alpha value is -2.68. The monoisotopic (exact) mass is 419 g/mol. The second kappa shape index (κ2) is 9.88. The number of ether oxygens (including phenoxy) is 2. The van der Waals surface area contributed by atoms with Gasteiger partial charge in [0.1, 0.15) is 5.69 Å². The molecule has 1 N–H and O–H groups in total. The fraction of sp³-hybridized carbons (Fsp3) is 0.619. The number of nitro groups is 1. The molecule has 9 nitrogen and oxygen atoms in total. The molecule has 1 amide bonds. The summed E-state index contributed by atoms with van der Waals surface area (Å²) in [5, 5.41) is 14.5. The molecule has 0 spiro atoms. The largest absolute Gasteiger partial charge is 0.449 e. The van der Waals surface area contributed by atoms with E-state index in [1.165, 1.54) is 19.1 Å².